The normalized spacial score (nSPS) is 22.0. The number of nitrogens with two attached hydrogens (primary N) is 1. The number of phosphoric acid groups is 3. The van der Waals surface area contributed by atoms with Gasteiger partial charge in [0.2, 0.25) is 0 Å². The van der Waals surface area contributed by atoms with E-state index in [1.807, 2.05) is 13.0 Å². The van der Waals surface area contributed by atoms with E-state index in [1.54, 1.807) is 39.8 Å². The number of anilines is 1. The van der Waals surface area contributed by atoms with Crippen LogP contribution >= 0.6 is 45.1 Å². The molecule has 1 aliphatic rings. The van der Waals surface area contributed by atoms with E-state index in [0.29, 0.717) is 5.92 Å². The van der Waals surface area contributed by atoms with Crippen LogP contribution < -0.4 is 5.73 Å². The first kappa shape index (κ1) is 36.9. The second kappa shape index (κ2) is 15.1. The van der Waals surface area contributed by atoms with Gasteiger partial charge in [-0.2, -0.15) is 8.62 Å². The standard InChI is InChI=1S/C23H32N5O13P3S2/c1-13(2)10-45-46-14(3)15-6-4-5-7-16(15)23(29)39-17-8-19(28-12-27-20-21(24)25-11-26-22(20)28)38-18(17)9-37-43(33,34)41-44(35,36)40-42(30,31)32/h4-7,11-14,17-19H,8-10H2,1-3H3,(H,33,34)(H,35,36)(H2,24,25,26)(H2,30,31,32)/t14?,17-,18?,19-/m1/s1. The van der Waals surface area contributed by atoms with Gasteiger partial charge in [0, 0.05) is 17.4 Å². The highest BCUT2D eigenvalue weighted by Crippen LogP contribution is 2.66. The van der Waals surface area contributed by atoms with Gasteiger partial charge in [0.1, 0.15) is 30.3 Å². The Morgan fingerprint density at radius 3 is 2.50 bits per heavy atom. The van der Waals surface area contributed by atoms with Crippen molar-refractivity contribution in [3.63, 3.8) is 0 Å². The number of carbonyl (C=O) groups excluding carboxylic acids is 1. The highest BCUT2D eigenvalue weighted by Gasteiger charge is 2.44. The largest absolute Gasteiger partial charge is 0.490 e. The predicted octanol–water partition coefficient (Wildman–Crippen LogP) is 4.36. The van der Waals surface area contributed by atoms with Crippen molar-refractivity contribution in [2.75, 3.05) is 18.1 Å². The molecule has 18 nitrogen and oxygen atoms in total. The van der Waals surface area contributed by atoms with Gasteiger partial charge in [0.05, 0.1) is 18.5 Å². The lowest BCUT2D eigenvalue weighted by Crippen LogP contribution is -2.31. The number of esters is 1. The molecular formula is C23H32N5O13P3S2. The first-order chi connectivity index (χ1) is 21.4. The summed E-state index contributed by atoms with van der Waals surface area (Å²) in [7, 11) is -13.6. The van der Waals surface area contributed by atoms with E-state index in [0.717, 1.165) is 11.3 Å². The van der Waals surface area contributed by atoms with Crippen molar-refractivity contribution in [2.45, 2.75) is 50.9 Å². The first-order valence-corrected chi connectivity index (χ1v) is 20.3. The molecule has 4 rings (SSSR count). The molecule has 6 atom stereocenters. The molecule has 3 heterocycles. The maximum Gasteiger partial charge on any atom is 0.490 e. The monoisotopic (exact) mass is 743 g/mol. The highest BCUT2D eigenvalue weighted by atomic mass is 33.1. The van der Waals surface area contributed by atoms with Crippen molar-refractivity contribution < 1.29 is 60.7 Å². The third kappa shape index (κ3) is 10.1. The number of benzene rings is 1. The average molecular weight is 744 g/mol. The number of ether oxygens (including phenoxy) is 2. The van der Waals surface area contributed by atoms with Crippen LogP contribution in [0, 0.1) is 5.92 Å². The summed E-state index contributed by atoms with van der Waals surface area (Å²) in [6.07, 6.45) is -0.743. The zero-order chi connectivity index (χ0) is 33.9. The average Bonchev–Trinajstić information content (AvgIpc) is 3.54. The van der Waals surface area contributed by atoms with Gasteiger partial charge in [0.25, 0.3) is 0 Å². The van der Waals surface area contributed by atoms with Gasteiger partial charge in [-0.15, -0.1) is 0 Å². The van der Waals surface area contributed by atoms with Crippen LogP contribution in [0.1, 0.15) is 54.6 Å². The van der Waals surface area contributed by atoms with Crippen molar-refractivity contribution in [3.05, 3.63) is 48.0 Å². The number of nitrogens with zero attached hydrogens (tertiary/aromatic N) is 4. The van der Waals surface area contributed by atoms with E-state index in [2.05, 4.69) is 37.4 Å². The summed E-state index contributed by atoms with van der Waals surface area (Å²) in [5.41, 5.74) is 7.45. The number of carbonyl (C=O) groups is 1. The van der Waals surface area contributed by atoms with E-state index < -0.39 is 54.5 Å². The van der Waals surface area contributed by atoms with Crippen molar-refractivity contribution in [1.29, 1.82) is 0 Å². The molecule has 0 amide bonds. The van der Waals surface area contributed by atoms with Crippen molar-refractivity contribution in [3.8, 4) is 0 Å². The first-order valence-electron chi connectivity index (χ1n) is 13.4. The van der Waals surface area contributed by atoms with Gasteiger partial charge in [-0.05, 0) is 24.5 Å². The minimum absolute atomic E-state index is 0.0256. The number of hydrogen-bond donors (Lipinski definition) is 5. The van der Waals surface area contributed by atoms with Gasteiger partial charge >= 0.3 is 29.4 Å². The van der Waals surface area contributed by atoms with Crippen molar-refractivity contribution >= 4 is 68.0 Å². The molecule has 2 aromatic heterocycles. The maximum atomic E-state index is 13.5. The summed E-state index contributed by atoms with van der Waals surface area (Å²) in [5.74, 6) is 0.789. The second-order valence-electron chi connectivity index (χ2n) is 10.3. The minimum Gasteiger partial charge on any atom is -0.456 e. The molecule has 0 spiro atoms. The number of hydrogen-bond acceptors (Lipinski definition) is 15. The number of rotatable bonds is 15. The lowest BCUT2D eigenvalue weighted by molar-refractivity contribution is -0.0490. The van der Waals surface area contributed by atoms with E-state index >= 15 is 0 Å². The molecule has 1 saturated heterocycles. The van der Waals surface area contributed by atoms with E-state index in [9.17, 15) is 28.3 Å². The Morgan fingerprint density at radius 2 is 1.80 bits per heavy atom. The van der Waals surface area contributed by atoms with Crippen LogP contribution in [0.5, 0.6) is 0 Å². The number of aromatic nitrogens is 4. The summed E-state index contributed by atoms with van der Waals surface area (Å²) in [6, 6.07) is 6.90. The third-order valence-electron chi connectivity index (χ3n) is 6.19. The van der Waals surface area contributed by atoms with E-state index in [1.165, 1.54) is 17.2 Å². The smallest absolute Gasteiger partial charge is 0.456 e. The lowest BCUT2D eigenvalue weighted by atomic mass is 10.0. The van der Waals surface area contributed by atoms with E-state index in [4.69, 9.17) is 29.5 Å². The number of phosphoric ester groups is 1. The summed E-state index contributed by atoms with van der Waals surface area (Å²) in [4.78, 5) is 62.8. The molecule has 0 saturated carbocycles. The van der Waals surface area contributed by atoms with Crippen molar-refractivity contribution in [1.82, 2.24) is 19.5 Å². The summed E-state index contributed by atoms with van der Waals surface area (Å²) in [6.45, 7) is 5.33. The highest BCUT2D eigenvalue weighted by molar-refractivity contribution is 8.76. The van der Waals surface area contributed by atoms with E-state index in [-0.39, 0.29) is 34.2 Å². The zero-order valence-corrected chi connectivity index (χ0v) is 28.8. The quantitative estimate of drug-likeness (QED) is 0.0822. The Balaban J connectivity index is 1.55. The minimum atomic E-state index is -5.76. The molecule has 3 aromatic rings. The Bertz CT molecular complexity index is 1690. The Labute approximate surface area is 270 Å². The molecule has 4 unspecified atom stereocenters. The fourth-order valence-electron chi connectivity index (χ4n) is 4.26. The fourth-order valence-corrected chi connectivity index (χ4v) is 10.1. The second-order valence-corrected chi connectivity index (χ2v) is 17.5. The third-order valence-corrected chi connectivity index (χ3v) is 13.2. The van der Waals surface area contributed by atoms with Crippen LogP contribution in [-0.4, -0.2) is 69.6 Å². The SMILES string of the molecule is CC(C)CSSC(C)c1ccccc1C(=O)O[C@@H]1C[C@H](n2cnc3c(N)ncnc32)OC1COP(=O)(O)OP(=O)(O)OP(=O)(O)O. The van der Waals surface area contributed by atoms with Gasteiger partial charge < -0.3 is 34.8 Å². The summed E-state index contributed by atoms with van der Waals surface area (Å²) in [5, 5.41) is -0.0800. The number of nitrogen functional groups attached to an aromatic ring is 1. The Morgan fingerprint density at radius 1 is 1.09 bits per heavy atom. The van der Waals surface area contributed by atoms with Crippen LogP contribution in [0.2, 0.25) is 0 Å². The maximum absolute atomic E-state index is 13.5. The molecule has 0 aliphatic carbocycles. The van der Waals surface area contributed by atoms with Crippen LogP contribution in [0.15, 0.2) is 36.9 Å². The van der Waals surface area contributed by atoms with Crippen LogP contribution in [0.3, 0.4) is 0 Å². The fraction of sp³-hybridized carbons (Fsp3) is 0.478. The van der Waals surface area contributed by atoms with Crippen LogP contribution in [0.25, 0.3) is 11.2 Å². The van der Waals surface area contributed by atoms with Gasteiger partial charge in [-0.1, -0.05) is 53.6 Å². The molecule has 1 aromatic carbocycles. The topological polar surface area (TPSA) is 265 Å². The molecule has 1 fully saturated rings. The molecule has 23 heteroatoms. The Hall–Kier alpha value is -1.89. The molecule has 0 bridgehead atoms. The molecular weight excluding hydrogens is 711 g/mol. The van der Waals surface area contributed by atoms with Crippen LogP contribution in [0.4, 0.5) is 5.82 Å². The van der Waals surface area contributed by atoms with Gasteiger partial charge in [-0.3, -0.25) is 9.09 Å². The predicted molar refractivity (Wildman–Crippen MR) is 167 cm³/mol. The lowest BCUT2D eigenvalue weighted by Gasteiger charge is -2.22. The number of fused-ring (bicyclic) bond motifs is 1. The summed E-state index contributed by atoms with van der Waals surface area (Å²) >= 11 is 0. The summed E-state index contributed by atoms with van der Waals surface area (Å²) < 4.78 is 60.8. The molecule has 46 heavy (non-hydrogen) atoms. The zero-order valence-electron chi connectivity index (χ0n) is 24.5. The van der Waals surface area contributed by atoms with Crippen LogP contribution in [-0.2, 0) is 36.3 Å². The van der Waals surface area contributed by atoms with Crippen molar-refractivity contribution in [2.24, 2.45) is 5.92 Å². The molecule has 0 radical (unpaired) electrons. The molecule has 6 N–H and O–H groups in total. The van der Waals surface area contributed by atoms with Gasteiger partial charge in [0.15, 0.2) is 11.5 Å². The van der Waals surface area contributed by atoms with Gasteiger partial charge in [-0.25, -0.2) is 33.4 Å². The number of imidazole rings is 1. The molecule has 1 aliphatic heterocycles. The Kier molecular flexibility index (Phi) is 12.1. The molecule has 254 valence electrons.